The Morgan fingerprint density at radius 2 is 2.00 bits per heavy atom. The van der Waals surface area contributed by atoms with E-state index in [4.69, 9.17) is 17.3 Å². The summed E-state index contributed by atoms with van der Waals surface area (Å²) in [5, 5.41) is 13.9. The molecule has 4 N–H and O–H groups in total. The normalized spacial score (nSPS) is 19.4. The summed E-state index contributed by atoms with van der Waals surface area (Å²) >= 11 is 6.06. The van der Waals surface area contributed by atoms with Crippen LogP contribution >= 0.6 is 11.6 Å². The number of nitrogens with zero attached hydrogens (tertiary/aromatic N) is 2. The van der Waals surface area contributed by atoms with E-state index in [0.717, 1.165) is 11.1 Å². The SMILES string of the molecule is CN1CCN(C(=O)[C@H](O)C(C)(C)C)[C@H](C(=O)NCc2cc(Cl)ccc2CN)C1. The lowest BCUT2D eigenvalue weighted by molar-refractivity contribution is -0.154. The second kappa shape index (κ2) is 9.22. The topological polar surface area (TPSA) is 98.9 Å². The summed E-state index contributed by atoms with van der Waals surface area (Å²) in [6.45, 7) is 7.47. The molecule has 0 bridgehead atoms. The minimum Gasteiger partial charge on any atom is -0.383 e. The second-order valence-electron chi connectivity index (χ2n) is 8.41. The van der Waals surface area contributed by atoms with Gasteiger partial charge in [-0.15, -0.1) is 0 Å². The van der Waals surface area contributed by atoms with E-state index in [0.29, 0.717) is 31.2 Å². The largest absolute Gasteiger partial charge is 0.383 e. The van der Waals surface area contributed by atoms with Gasteiger partial charge in [-0.3, -0.25) is 9.59 Å². The van der Waals surface area contributed by atoms with Gasteiger partial charge in [0, 0.05) is 37.7 Å². The molecular weight excluding hydrogens is 380 g/mol. The van der Waals surface area contributed by atoms with E-state index in [9.17, 15) is 14.7 Å². The summed E-state index contributed by atoms with van der Waals surface area (Å²) in [5.41, 5.74) is 6.91. The molecule has 1 fully saturated rings. The van der Waals surface area contributed by atoms with E-state index in [2.05, 4.69) is 5.32 Å². The van der Waals surface area contributed by atoms with Gasteiger partial charge < -0.3 is 26.0 Å². The Bertz CT molecular complexity index is 720. The molecule has 8 heteroatoms. The fourth-order valence-electron chi connectivity index (χ4n) is 3.19. The number of carbonyl (C=O) groups is 2. The lowest BCUT2D eigenvalue weighted by Gasteiger charge is -2.41. The van der Waals surface area contributed by atoms with Crippen LogP contribution in [-0.4, -0.2) is 65.5 Å². The maximum absolute atomic E-state index is 12.9. The molecule has 1 aromatic carbocycles. The smallest absolute Gasteiger partial charge is 0.252 e. The molecule has 0 saturated carbocycles. The van der Waals surface area contributed by atoms with E-state index in [1.807, 2.05) is 18.0 Å². The number of piperazine rings is 1. The lowest BCUT2D eigenvalue weighted by atomic mass is 9.88. The number of likely N-dealkylation sites (N-methyl/N-ethyl adjacent to an activating group) is 1. The van der Waals surface area contributed by atoms with Crippen LogP contribution in [0.15, 0.2) is 18.2 Å². The summed E-state index contributed by atoms with van der Waals surface area (Å²) in [7, 11) is 1.91. The van der Waals surface area contributed by atoms with Crippen molar-refractivity contribution in [2.45, 2.75) is 46.0 Å². The van der Waals surface area contributed by atoms with Gasteiger partial charge in [0.15, 0.2) is 0 Å². The van der Waals surface area contributed by atoms with Crippen molar-refractivity contribution in [3.05, 3.63) is 34.3 Å². The van der Waals surface area contributed by atoms with Crippen molar-refractivity contribution in [2.75, 3.05) is 26.7 Å². The highest BCUT2D eigenvalue weighted by molar-refractivity contribution is 6.30. The first-order valence-electron chi connectivity index (χ1n) is 9.46. The highest BCUT2D eigenvalue weighted by atomic mass is 35.5. The molecule has 1 aliphatic rings. The predicted molar refractivity (Wildman–Crippen MR) is 110 cm³/mol. The van der Waals surface area contributed by atoms with Crippen molar-refractivity contribution in [2.24, 2.45) is 11.1 Å². The standard InChI is InChI=1S/C20H31ClN4O3/c1-20(2,3)17(26)19(28)25-8-7-24(4)12-16(25)18(27)23-11-14-9-15(21)6-5-13(14)10-22/h5-6,9,16-17,26H,7-8,10-12,22H2,1-4H3,(H,23,27)/t16-,17-/m0/s1. The average molecular weight is 411 g/mol. The maximum atomic E-state index is 12.9. The van der Waals surface area contributed by atoms with Crippen LogP contribution in [0.1, 0.15) is 31.9 Å². The Morgan fingerprint density at radius 1 is 1.32 bits per heavy atom. The van der Waals surface area contributed by atoms with E-state index in [-0.39, 0.29) is 12.5 Å². The molecule has 2 amide bonds. The Balaban J connectivity index is 2.14. The third-order valence-corrected chi connectivity index (χ3v) is 5.30. The number of hydrogen-bond acceptors (Lipinski definition) is 5. The molecule has 1 heterocycles. The molecule has 28 heavy (non-hydrogen) atoms. The van der Waals surface area contributed by atoms with Gasteiger partial charge in [0.1, 0.15) is 12.1 Å². The zero-order valence-electron chi connectivity index (χ0n) is 17.0. The predicted octanol–water partition coefficient (Wildman–Crippen LogP) is 0.965. The molecule has 0 spiro atoms. The van der Waals surface area contributed by atoms with Gasteiger partial charge >= 0.3 is 0 Å². The number of nitrogens with one attached hydrogen (secondary N) is 1. The number of aliphatic hydroxyl groups is 1. The Labute approximate surface area is 171 Å². The minimum absolute atomic E-state index is 0.260. The number of benzene rings is 1. The molecule has 1 aliphatic heterocycles. The third kappa shape index (κ3) is 5.44. The number of amides is 2. The monoisotopic (exact) mass is 410 g/mol. The number of carbonyl (C=O) groups excluding carboxylic acids is 2. The highest BCUT2D eigenvalue weighted by Crippen LogP contribution is 2.23. The van der Waals surface area contributed by atoms with E-state index >= 15 is 0 Å². The molecule has 2 atom stereocenters. The van der Waals surface area contributed by atoms with E-state index in [1.165, 1.54) is 4.90 Å². The number of aliphatic hydroxyl groups excluding tert-OH is 1. The summed E-state index contributed by atoms with van der Waals surface area (Å²) in [4.78, 5) is 29.2. The Kier molecular flexibility index (Phi) is 7.45. The minimum atomic E-state index is -1.16. The summed E-state index contributed by atoms with van der Waals surface area (Å²) < 4.78 is 0. The van der Waals surface area contributed by atoms with E-state index in [1.54, 1.807) is 32.9 Å². The van der Waals surface area contributed by atoms with Crippen molar-refractivity contribution in [3.63, 3.8) is 0 Å². The first-order chi connectivity index (χ1) is 13.0. The van der Waals surface area contributed by atoms with Crippen molar-refractivity contribution < 1.29 is 14.7 Å². The third-order valence-electron chi connectivity index (χ3n) is 5.06. The number of rotatable bonds is 5. The molecule has 0 aliphatic carbocycles. The molecule has 0 radical (unpaired) electrons. The van der Waals surface area contributed by atoms with Crippen LogP contribution < -0.4 is 11.1 Å². The van der Waals surface area contributed by atoms with E-state index < -0.39 is 23.5 Å². The molecule has 0 aromatic heterocycles. The van der Waals surface area contributed by atoms with Gasteiger partial charge in [-0.2, -0.15) is 0 Å². The molecule has 7 nitrogen and oxygen atoms in total. The van der Waals surface area contributed by atoms with Gasteiger partial charge in [0.25, 0.3) is 5.91 Å². The molecule has 1 aromatic rings. The van der Waals surface area contributed by atoms with Gasteiger partial charge in [-0.25, -0.2) is 0 Å². The second-order valence-corrected chi connectivity index (χ2v) is 8.85. The van der Waals surface area contributed by atoms with Crippen LogP contribution in [0.25, 0.3) is 0 Å². The van der Waals surface area contributed by atoms with Crippen LogP contribution in [0.5, 0.6) is 0 Å². The van der Waals surface area contributed by atoms with Gasteiger partial charge in [0.05, 0.1) is 0 Å². The van der Waals surface area contributed by atoms with Crippen LogP contribution in [0.2, 0.25) is 5.02 Å². The molecule has 156 valence electrons. The van der Waals surface area contributed by atoms with Crippen LogP contribution in [0.3, 0.4) is 0 Å². The van der Waals surface area contributed by atoms with Crippen molar-refractivity contribution in [3.8, 4) is 0 Å². The zero-order chi connectivity index (χ0) is 21.1. The fourth-order valence-corrected chi connectivity index (χ4v) is 3.39. The summed E-state index contributed by atoms with van der Waals surface area (Å²) in [6.07, 6.45) is -1.16. The molecular formula is C20H31ClN4O3. The Morgan fingerprint density at radius 3 is 2.61 bits per heavy atom. The van der Waals surface area contributed by atoms with Gasteiger partial charge in [-0.05, 0) is 35.7 Å². The summed E-state index contributed by atoms with van der Waals surface area (Å²) in [5.74, 6) is -0.671. The fraction of sp³-hybridized carbons (Fsp3) is 0.600. The van der Waals surface area contributed by atoms with Gasteiger partial charge in [0.2, 0.25) is 5.91 Å². The Hall–Kier alpha value is -1.67. The summed E-state index contributed by atoms with van der Waals surface area (Å²) in [6, 6.07) is 4.72. The maximum Gasteiger partial charge on any atom is 0.252 e. The highest BCUT2D eigenvalue weighted by Gasteiger charge is 2.40. The lowest BCUT2D eigenvalue weighted by Crippen LogP contribution is -2.62. The van der Waals surface area contributed by atoms with Crippen LogP contribution in [0, 0.1) is 5.41 Å². The van der Waals surface area contributed by atoms with Gasteiger partial charge in [-0.1, -0.05) is 38.4 Å². The van der Waals surface area contributed by atoms with Crippen LogP contribution in [0.4, 0.5) is 0 Å². The zero-order valence-corrected chi connectivity index (χ0v) is 17.8. The molecule has 0 unspecified atom stereocenters. The number of nitrogens with two attached hydrogens (primary N) is 1. The van der Waals surface area contributed by atoms with Crippen molar-refractivity contribution in [1.82, 2.24) is 15.1 Å². The number of halogens is 1. The molecule has 1 saturated heterocycles. The van der Waals surface area contributed by atoms with Crippen LogP contribution in [-0.2, 0) is 22.7 Å². The van der Waals surface area contributed by atoms with Crippen molar-refractivity contribution >= 4 is 23.4 Å². The average Bonchev–Trinajstić information content (AvgIpc) is 2.64. The first kappa shape index (κ1) is 22.6. The quantitative estimate of drug-likeness (QED) is 0.671. The first-order valence-corrected chi connectivity index (χ1v) is 9.84. The molecule has 2 rings (SSSR count). The number of hydrogen-bond donors (Lipinski definition) is 3. The van der Waals surface area contributed by atoms with Crippen molar-refractivity contribution in [1.29, 1.82) is 0 Å².